The average molecular weight is 365 g/mol. The van der Waals surface area contributed by atoms with Crippen LogP contribution in [-0.4, -0.2) is 20.9 Å². The average Bonchev–Trinajstić information content (AvgIpc) is 2.59. The van der Waals surface area contributed by atoms with Gasteiger partial charge in [0.1, 0.15) is 19.2 Å². The van der Waals surface area contributed by atoms with Gasteiger partial charge >= 0.3 is 5.97 Å². The van der Waals surface area contributed by atoms with Gasteiger partial charge in [-0.25, -0.2) is 8.42 Å². The molecule has 1 N–H and O–H groups in total. The minimum absolute atomic E-state index is 0.00515. The van der Waals surface area contributed by atoms with Gasteiger partial charge in [-0.3, -0.25) is 4.79 Å². The first-order chi connectivity index (χ1) is 11.4. The van der Waals surface area contributed by atoms with Crippen LogP contribution in [0.3, 0.4) is 0 Å². The third-order valence-corrected chi connectivity index (χ3v) is 4.88. The predicted molar refractivity (Wildman–Crippen MR) is 87.6 cm³/mol. The molecule has 0 unspecified atom stereocenters. The highest BCUT2D eigenvalue weighted by Gasteiger charge is 2.19. The van der Waals surface area contributed by atoms with E-state index in [0.717, 1.165) is 0 Å². The highest BCUT2D eigenvalue weighted by Crippen LogP contribution is 2.16. The van der Waals surface area contributed by atoms with E-state index < -0.39 is 22.5 Å². The Kier molecular flexibility index (Phi) is 5.93. The molecule has 0 aliphatic rings. The van der Waals surface area contributed by atoms with Crippen molar-refractivity contribution >= 4 is 27.6 Å². The van der Waals surface area contributed by atoms with Gasteiger partial charge in [0, 0.05) is 10.6 Å². The monoisotopic (exact) mass is 364 g/mol. The molecule has 0 radical (unpaired) electrons. The number of esters is 1. The third kappa shape index (κ3) is 4.55. The summed E-state index contributed by atoms with van der Waals surface area (Å²) in [4.78, 5) is 11.5. The first kappa shape index (κ1) is 17.9. The minimum atomic E-state index is -3.99. The van der Waals surface area contributed by atoms with E-state index in [0.29, 0.717) is 10.6 Å². The Morgan fingerprint density at radius 2 is 1.83 bits per heavy atom. The van der Waals surface area contributed by atoms with Crippen LogP contribution >= 0.6 is 11.6 Å². The first-order valence-corrected chi connectivity index (χ1v) is 8.68. The summed E-state index contributed by atoms with van der Waals surface area (Å²) >= 11 is 5.94. The molecule has 0 aromatic heterocycles. The molecule has 2 aromatic rings. The van der Waals surface area contributed by atoms with Gasteiger partial charge in [-0.1, -0.05) is 41.9 Å². The number of sulfonamides is 1. The van der Waals surface area contributed by atoms with E-state index in [9.17, 15) is 13.2 Å². The van der Waals surface area contributed by atoms with Gasteiger partial charge in [-0.05, 0) is 18.2 Å². The normalized spacial score (nSPS) is 10.8. The number of hydrogen-bond acceptors (Lipinski definition) is 5. The number of benzene rings is 2. The number of ether oxygens (including phenoxy) is 1. The SMILES string of the molecule is N#Cc1ccccc1S(=O)(=O)NCC(=O)OCc1ccccc1Cl. The molecule has 8 heteroatoms. The van der Waals surface area contributed by atoms with Crippen molar-refractivity contribution in [3.63, 3.8) is 0 Å². The van der Waals surface area contributed by atoms with Crippen molar-refractivity contribution in [2.75, 3.05) is 6.54 Å². The molecule has 0 spiro atoms. The van der Waals surface area contributed by atoms with Crippen LogP contribution in [0.4, 0.5) is 0 Å². The molecule has 2 rings (SSSR count). The van der Waals surface area contributed by atoms with Gasteiger partial charge in [0.05, 0.1) is 10.5 Å². The summed E-state index contributed by atoms with van der Waals surface area (Å²) in [5, 5.41) is 9.40. The van der Waals surface area contributed by atoms with Crippen molar-refractivity contribution in [1.82, 2.24) is 4.72 Å². The lowest BCUT2D eigenvalue weighted by Crippen LogP contribution is -2.31. The second kappa shape index (κ2) is 7.93. The smallest absolute Gasteiger partial charge is 0.321 e. The summed E-state index contributed by atoms with van der Waals surface area (Å²) in [6.07, 6.45) is 0. The van der Waals surface area contributed by atoms with E-state index >= 15 is 0 Å². The zero-order chi connectivity index (χ0) is 17.6. The van der Waals surface area contributed by atoms with Gasteiger partial charge in [0.15, 0.2) is 0 Å². The molecule has 0 atom stereocenters. The van der Waals surface area contributed by atoms with Gasteiger partial charge in [0.25, 0.3) is 0 Å². The van der Waals surface area contributed by atoms with Gasteiger partial charge < -0.3 is 4.74 Å². The van der Waals surface area contributed by atoms with Crippen molar-refractivity contribution in [2.45, 2.75) is 11.5 Å². The van der Waals surface area contributed by atoms with Crippen molar-refractivity contribution < 1.29 is 17.9 Å². The van der Waals surface area contributed by atoms with E-state index in [1.54, 1.807) is 36.4 Å². The van der Waals surface area contributed by atoms with E-state index in [1.807, 2.05) is 0 Å². The van der Waals surface area contributed by atoms with Crippen LogP contribution in [0.15, 0.2) is 53.4 Å². The Morgan fingerprint density at radius 3 is 2.54 bits per heavy atom. The van der Waals surface area contributed by atoms with Crippen molar-refractivity contribution in [3.8, 4) is 6.07 Å². The maximum absolute atomic E-state index is 12.2. The Bertz CT molecular complexity index is 891. The second-order valence-electron chi connectivity index (χ2n) is 4.68. The molecule has 0 fully saturated rings. The van der Waals surface area contributed by atoms with Gasteiger partial charge in [-0.2, -0.15) is 9.98 Å². The van der Waals surface area contributed by atoms with E-state index in [-0.39, 0.29) is 17.1 Å². The van der Waals surface area contributed by atoms with Crippen molar-refractivity contribution in [2.24, 2.45) is 0 Å². The number of carbonyl (C=O) groups excluding carboxylic acids is 1. The van der Waals surface area contributed by atoms with E-state index in [4.69, 9.17) is 21.6 Å². The number of halogens is 1. The summed E-state index contributed by atoms with van der Waals surface area (Å²) in [7, 11) is -3.99. The van der Waals surface area contributed by atoms with Crippen LogP contribution in [0.25, 0.3) is 0 Å². The molecule has 0 aliphatic carbocycles. The highest BCUT2D eigenvalue weighted by atomic mass is 35.5. The summed E-state index contributed by atoms with van der Waals surface area (Å²) in [5.41, 5.74) is 0.611. The fraction of sp³-hybridized carbons (Fsp3) is 0.125. The van der Waals surface area contributed by atoms with Crippen LogP contribution in [0, 0.1) is 11.3 Å². The second-order valence-corrected chi connectivity index (χ2v) is 6.83. The Hall–Kier alpha value is -2.40. The number of nitrogens with one attached hydrogen (secondary N) is 1. The fourth-order valence-electron chi connectivity index (χ4n) is 1.85. The Balaban J connectivity index is 1.96. The standard InChI is InChI=1S/C16H13ClN2O4S/c17-14-7-3-1-6-13(14)11-23-16(20)10-19-24(21,22)15-8-4-2-5-12(15)9-18/h1-8,19H,10-11H2. The molecule has 0 amide bonds. The van der Waals surface area contributed by atoms with E-state index in [1.165, 1.54) is 18.2 Å². The molecule has 0 bridgehead atoms. The van der Waals surface area contributed by atoms with Crippen LogP contribution in [0.1, 0.15) is 11.1 Å². The lowest BCUT2D eigenvalue weighted by molar-refractivity contribution is -0.143. The molecule has 0 aliphatic heterocycles. The quantitative estimate of drug-likeness (QED) is 0.793. The zero-order valence-corrected chi connectivity index (χ0v) is 14.0. The van der Waals surface area contributed by atoms with E-state index in [2.05, 4.69) is 4.72 Å². The van der Waals surface area contributed by atoms with Gasteiger partial charge in [-0.15, -0.1) is 0 Å². The minimum Gasteiger partial charge on any atom is -0.460 e. The maximum atomic E-state index is 12.2. The third-order valence-electron chi connectivity index (χ3n) is 3.05. The van der Waals surface area contributed by atoms with Crippen LogP contribution in [0.5, 0.6) is 0 Å². The largest absolute Gasteiger partial charge is 0.460 e. The van der Waals surface area contributed by atoms with Crippen LogP contribution in [-0.2, 0) is 26.2 Å². The molecule has 0 saturated heterocycles. The number of hydrogen-bond donors (Lipinski definition) is 1. The zero-order valence-electron chi connectivity index (χ0n) is 12.4. The summed E-state index contributed by atoms with van der Waals surface area (Å²) < 4.78 is 31.4. The highest BCUT2D eigenvalue weighted by molar-refractivity contribution is 7.89. The number of carbonyl (C=O) groups is 1. The van der Waals surface area contributed by atoms with Crippen molar-refractivity contribution in [3.05, 3.63) is 64.7 Å². The topological polar surface area (TPSA) is 96.3 Å². The number of rotatable bonds is 6. The Morgan fingerprint density at radius 1 is 1.17 bits per heavy atom. The first-order valence-electron chi connectivity index (χ1n) is 6.82. The van der Waals surface area contributed by atoms with Crippen LogP contribution < -0.4 is 4.72 Å². The summed E-state index contributed by atoms with van der Waals surface area (Å²) in [5.74, 6) is -0.757. The van der Waals surface area contributed by atoms with Gasteiger partial charge in [0.2, 0.25) is 10.0 Å². The van der Waals surface area contributed by atoms with Crippen LogP contribution in [0.2, 0.25) is 5.02 Å². The summed E-state index contributed by atoms with van der Waals surface area (Å²) in [6.45, 7) is -0.610. The molecular weight excluding hydrogens is 352 g/mol. The number of nitriles is 1. The lowest BCUT2D eigenvalue weighted by atomic mass is 10.2. The maximum Gasteiger partial charge on any atom is 0.321 e. The molecule has 24 heavy (non-hydrogen) atoms. The van der Waals surface area contributed by atoms with Crippen molar-refractivity contribution in [1.29, 1.82) is 5.26 Å². The molecule has 0 heterocycles. The molecular formula is C16H13ClN2O4S. The lowest BCUT2D eigenvalue weighted by Gasteiger charge is -2.09. The fourth-order valence-corrected chi connectivity index (χ4v) is 3.16. The molecule has 0 saturated carbocycles. The number of nitrogens with zero attached hydrogens (tertiary/aromatic N) is 1. The Labute approximate surface area is 144 Å². The molecule has 2 aromatic carbocycles. The predicted octanol–water partition coefficient (Wildman–Crippen LogP) is 2.23. The summed E-state index contributed by atoms with van der Waals surface area (Å²) in [6, 6.07) is 14.3. The molecule has 6 nitrogen and oxygen atoms in total. The molecule has 124 valence electrons.